The van der Waals surface area contributed by atoms with Gasteiger partial charge in [-0.2, -0.15) is 0 Å². The van der Waals surface area contributed by atoms with Crippen molar-refractivity contribution in [2.75, 3.05) is 12.9 Å². The Labute approximate surface area is 168 Å². The fourth-order valence-electron chi connectivity index (χ4n) is 2.98. The van der Waals surface area contributed by atoms with Gasteiger partial charge in [-0.25, -0.2) is 4.98 Å². The third-order valence-corrected chi connectivity index (χ3v) is 5.49. The zero-order valence-corrected chi connectivity index (χ0v) is 16.5. The molecule has 144 valence electrons. The molecule has 1 fully saturated rings. The summed E-state index contributed by atoms with van der Waals surface area (Å²) in [7, 11) is 1.65. The number of thioether (sulfide) groups is 1. The van der Waals surface area contributed by atoms with Crippen LogP contribution in [0.3, 0.4) is 0 Å². The molecule has 7 heteroatoms. The molecule has 0 atom stereocenters. The van der Waals surface area contributed by atoms with Gasteiger partial charge in [0.2, 0.25) is 11.1 Å². The van der Waals surface area contributed by atoms with Crippen molar-refractivity contribution in [1.82, 2.24) is 20.1 Å². The van der Waals surface area contributed by atoms with Gasteiger partial charge in [-0.15, -0.1) is 5.10 Å². The molecule has 1 heterocycles. The minimum Gasteiger partial charge on any atom is -0.497 e. The van der Waals surface area contributed by atoms with Gasteiger partial charge < -0.3 is 9.64 Å². The molecule has 0 bridgehead atoms. The first-order valence-corrected chi connectivity index (χ1v) is 10.2. The molecule has 28 heavy (non-hydrogen) atoms. The van der Waals surface area contributed by atoms with Crippen LogP contribution in [0.4, 0.5) is 0 Å². The van der Waals surface area contributed by atoms with E-state index in [1.807, 2.05) is 59.5 Å². The number of aromatic amines is 1. The number of nitrogens with one attached hydrogen (secondary N) is 1. The lowest BCUT2D eigenvalue weighted by atomic mass is 10.2. The molecule has 1 aliphatic carbocycles. The zero-order valence-electron chi connectivity index (χ0n) is 15.7. The van der Waals surface area contributed by atoms with Crippen molar-refractivity contribution in [1.29, 1.82) is 0 Å². The minimum atomic E-state index is 0.120. The lowest BCUT2D eigenvalue weighted by molar-refractivity contribution is -0.129. The average Bonchev–Trinajstić information content (AvgIpc) is 3.48. The highest BCUT2D eigenvalue weighted by molar-refractivity contribution is 7.99. The Morgan fingerprint density at radius 3 is 2.61 bits per heavy atom. The van der Waals surface area contributed by atoms with Gasteiger partial charge in [-0.1, -0.05) is 54.2 Å². The SMILES string of the molecule is COc1ccc(CN(C(=O)CSc2n[nH]c(-c3ccccc3)n2)C2CC2)cc1. The van der Waals surface area contributed by atoms with Gasteiger partial charge in [0.25, 0.3) is 0 Å². The maximum Gasteiger partial charge on any atom is 0.233 e. The van der Waals surface area contributed by atoms with Crippen molar-refractivity contribution >= 4 is 17.7 Å². The highest BCUT2D eigenvalue weighted by Crippen LogP contribution is 2.30. The quantitative estimate of drug-likeness (QED) is 0.589. The van der Waals surface area contributed by atoms with E-state index in [2.05, 4.69) is 15.2 Å². The van der Waals surface area contributed by atoms with Crippen molar-refractivity contribution < 1.29 is 9.53 Å². The predicted octanol–water partition coefficient (Wildman–Crippen LogP) is 3.76. The van der Waals surface area contributed by atoms with Crippen LogP contribution in [-0.2, 0) is 11.3 Å². The Hall–Kier alpha value is -2.80. The highest BCUT2D eigenvalue weighted by atomic mass is 32.2. The number of carbonyl (C=O) groups is 1. The fraction of sp³-hybridized carbons (Fsp3) is 0.286. The number of H-pyrrole nitrogens is 1. The van der Waals surface area contributed by atoms with Gasteiger partial charge in [0, 0.05) is 18.2 Å². The number of carbonyl (C=O) groups excluding carboxylic acids is 1. The summed E-state index contributed by atoms with van der Waals surface area (Å²) in [5, 5.41) is 7.76. The largest absolute Gasteiger partial charge is 0.497 e. The number of hydrogen-bond donors (Lipinski definition) is 1. The van der Waals surface area contributed by atoms with Crippen LogP contribution in [0, 0.1) is 0 Å². The standard InChI is InChI=1S/C21H22N4O2S/c1-27-18-11-7-15(8-12-18)13-25(17-9-10-17)19(26)14-28-21-22-20(23-24-21)16-5-3-2-4-6-16/h2-8,11-12,17H,9-10,13-14H2,1H3,(H,22,23,24). The molecule has 6 nitrogen and oxygen atoms in total. The molecular formula is C21H22N4O2S. The molecule has 1 aliphatic rings. The first kappa shape index (κ1) is 18.6. The van der Waals surface area contributed by atoms with Crippen molar-refractivity contribution in [2.24, 2.45) is 0 Å². The summed E-state index contributed by atoms with van der Waals surface area (Å²) in [6.45, 7) is 0.622. The summed E-state index contributed by atoms with van der Waals surface area (Å²) in [5.41, 5.74) is 2.09. The normalized spacial score (nSPS) is 13.3. The van der Waals surface area contributed by atoms with E-state index in [4.69, 9.17) is 4.74 Å². The summed E-state index contributed by atoms with van der Waals surface area (Å²) < 4.78 is 5.20. The van der Waals surface area contributed by atoms with Crippen LogP contribution < -0.4 is 4.74 Å². The van der Waals surface area contributed by atoms with Gasteiger partial charge in [0.1, 0.15) is 5.75 Å². The lowest BCUT2D eigenvalue weighted by Gasteiger charge is -2.22. The summed E-state index contributed by atoms with van der Waals surface area (Å²) in [6.07, 6.45) is 2.15. The second kappa shape index (κ2) is 8.48. The summed E-state index contributed by atoms with van der Waals surface area (Å²) in [6, 6.07) is 18.1. The van der Waals surface area contributed by atoms with Crippen molar-refractivity contribution in [3.8, 4) is 17.1 Å². The number of aromatic nitrogens is 3. The molecule has 1 N–H and O–H groups in total. The highest BCUT2D eigenvalue weighted by Gasteiger charge is 2.32. The summed E-state index contributed by atoms with van der Waals surface area (Å²) in [4.78, 5) is 19.3. The Kier molecular flexibility index (Phi) is 5.62. The maximum absolute atomic E-state index is 12.8. The third kappa shape index (κ3) is 4.54. The Morgan fingerprint density at radius 1 is 1.18 bits per heavy atom. The zero-order chi connectivity index (χ0) is 19.3. The molecule has 4 rings (SSSR count). The molecule has 0 unspecified atom stereocenters. The first-order chi connectivity index (χ1) is 13.7. The lowest BCUT2D eigenvalue weighted by Crippen LogP contribution is -2.34. The molecule has 2 aromatic carbocycles. The molecular weight excluding hydrogens is 372 g/mol. The summed E-state index contributed by atoms with van der Waals surface area (Å²) in [5.74, 6) is 1.99. The Morgan fingerprint density at radius 2 is 1.93 bits per heavy atom. The van der Waals surface area contributed by atoms with Crippen molar-refractivity contribution in [3.63, 3.8) is 0 Å². The number of nitrogens with zero attached hydrogens (tertiary/aromatic N) is 3. The molecule has 0 saturated heterocycles. The maximum atomic E-state index is 12.8. The van der Waals surface area contributed by atoms with Crippen LogP contribution >= 0.6 is 11.8 Å². The van der Waals surface area contributed by atoms with E-state index >= 15 is 0 Å². The fourth-order valence-corrected chi connectivity index (χ4v) is 3.66. The van der Waals surface area contributed by atoms with Crippen LogP contribution in [0.25, 0.3) is 11.4 Å². The van der Waals surface area contributed by atoms with E-state index in [9.17, 15) is 4.79 Å². The number of benzene rings is 2. The molecule has 0 radical (unpaired) electrons. The minimum absolute atomic E-state index is 0.120. The van der Waals surface area contributed by atoms with Crippen LogP contribution in [0.15, 0.2) is 59.8 Å². The van der Waals surface area contributed by atoms with E-state index in [0.29, 0.717) is 29.3 Å². The topological polar surface area (TPSA) is 71.1 Å². The molecule has 1 saturated carbocycles. The van der Waals surface area contributed by atoms with E-state index in [1.165, 1.54) is 11.8 Å². The van der Waals surface area contributed by atoms with E-state index in [1.54, 1.807) is 7.11 Å². The first-order valence-electron chi connectivity index (χ1n) is 9.26. The number of ether oxygens (including phenoxy) is 1. The van der Waals surface area contributed by atoms with Crippen LogP contribution in [0.1, 0.15) is 18.4 Å². The molecule has 1 amide bonds. The van der Waals surface area contributed by atoms with Crippen molar-refractivity contribution in [2.45, 2.75) is 30.6 Å². The van der Waals surface area contributed by atoms with E-state index < -0.39 is 0 Å². The average molecular weight is 395 g/mol. The second-order valence-corrected chi connectivity index (χ2v) is 7.66. The second-order valence-electron chi connectivity index (χ2n) is 6.72. The number of methoxy groups -OCH3 is 1. The number of amides is 1. The molecule has 1 aromatic heterocycles. The molecule has 3 aromatic rings. The van der Waals surface area contributed by atoms with Gasteiger partial charge in [0.05, 0.1) is 12.9 Å². The van der Waals surface area contributed by atoms with Crippen LogP contribution in [0.5, 0.6) is 5.75 Å². The Bertz CT molecular complexity index is 923. The van der Waals surface area contributed by atoms with Crippen molar-refractivity contribution in [3.05, 3.63) is 60.2 Å². The molecule has 0 aliphatic heterocycles. The van der Waals surface area contributed by atoms with Gasteiger partial charge >= 0.3 is 0 Å². The van der Waals surface area contributed by atoms with E-state index in [0.717, 1.165) is 29.7 Å². The monoisotopic (exact) mass is 394 g/mol. The number of rotatable bonds is 8. The Balaban J connectivity index is 1.36. The molecule has 0 spiro atoms. The van der Waals surface area contributed by atoms with Gasteiger partial charge in [-0.05, 0) is 30.5 Å². The number of hydrogen-bond acceptors (Lipinski definition) is 5. The third-order valence-electron chi connectivity index (χ3n) is 4.66. The van der Waals surface area contributed by atoms with Crippen LogP contribution in [0.2, 0.25) is 0 Å². The van der Waals surface area contributed by atoms with Crippen LogP contribution in [-0.4, -0.2) is 44.9 Å². The van der Waals surface area contributed by atoms with Gasteiger partial charge in [0.15, 0.2) is 5.82 Å². The smallest absolute Gasteiger partial charge is 0.233 e. The van der Waals surface area contributed by atoms with Gasteiger partial charge in [-0.3, -0.25) is 9.89 Å². The summed E-state index contributed by atoms with van der Waals surface area (Å²) >= 11 is 1.37. The van der Waals surface area contributed by atoms with E-state index in [-0.39, 0.29) is 5.91 Å². The predicted molar refractivity (Wildman–Crippen MR) is 109 cm³/mol.